The Morgan fingerprint density at radius 2 is 2.50 bits per heavy atom. The van der Waals surface area contributed by atoms with Gasteiger partial charge >= 0.3 is 11.6 Å². The molecule has 1 rings (SSSR count). The van der Waals surface area contributed by atoms with Crippen LogP contribution in [0.3, 0.4) is 0 Å². The number of hydrogen-bond acceptors (Lipinski definition) is 4. The quantitative estimate of drug-likeness (QED) is 0.565. The van der Waals surface area contributed by atoms with Crippen molar-refractivity contribution >= 4 is 17.0 Å². The van der Waals surface area contributed by atoms with Crippen LogP contribution >= 0.6 is 11.3 Å². The summed E-state index contributed by atoms with van der Waals surface area (Å²) in [5.41, 5.74) is 0.667. The van der Waals surface area contributed by atoms with Crippen LogP contribution < -0.4 is 0 Å². The number of diazo groups is 1. The molecule has 0 aromatic carbocycles. The molecule has 0 saturated heterocycles. The van der Waals surface area contributed by atoms with Gasteiger partial charge in [0.15, 0.2) is 4.98 Å². The zero-order chi connectivity index (χ0) is 8.97. The highest BCUT2D eigenvalue weighted by molar-refractivity contribution is 7.08. The van der Waals surface area contributed by atoms with Gasteiger partial charge in [-0.3, -0.25) is 0 Å². The van der Waals surface area contributed by atoms with Crippen LogP contribution in [0.1, 0.15) is 5.56 Å². The van der Waals surface area contributed by atoms with Gasteiger partial charge in [0.2, 0.25) is 5.39 Å². The fraction of sp³-hybridized carbons (Fsp3) is 0.143. The Morgan fingerprint density at radius 1 is 1.75 bits per heavy atom. The average Bonchev–Trinajstić information content (AvgIpc) is 2.58. The Morgan fingerprint density at radius 3 is 2.92 bits per heavy atom. The van der Waals surface area contributed by atoms with Gasteiger partial charge in [-0.05, 0) is 11.4 Å². The van der Waals surface area contributed by atoms with E-state index in [4.69, 9.17) is 10.5 Å². The number of thiophene rings is 1. The molecule has 4 nitrogen and oxygen atoms in total. The van der Waals surface area contributed by atoms with Crippen molar-refractivity contribution in [1.29, 1.82) is 5.39 Å². The summed E-state index contributed by atoms with van der Waals surface area (Å²) in [7, 11) is 1.30. The van der Waals surface area contributed by atoms with E-state index >= 15 is 0 Å². The summed E-state index contributed by atoms with van der Waals surface area (Å²) < 4.78 is 4.51. The van der Waals surface area contributed by atoms with Crippen LogP contribution in [0.25, 0.3) is 10.7 Å². The smallest absolute Gasteiger partial charge is 0.471 e. The predicted octanol–water partition coefficient (Wildman–Crippen LogP) is 2.43. The van der Waals surface area contributed by atoms with Crippen molar-refractivity contribution in [2.24, 2.45) is 0 Å². The number of rotatable bonds is 2. The van der Waals surface area contributed by atoms with E-state index in [9.17, 15) is 0 Å². The Labute approximate surface area is 73.3 Å². The second-order valence-corrected chi connectivity index (χ2v) is 2.75. The molecule has 0 aliphatic carbocycles. The molecule has 0 saturated carbocycles. The average molecular weight is 183 g/mol. The number of hydrogen-bond donors (Lipinski definition) is 1. The van der Waals surface area contributed by atoms with Gasteiger partial charge in [0, 0.05) is 5.38 Å². The van der Waals surface area contributed by atoms with Gasteiger partial charge < -0.3 is 9.84 Å². The van der Waals surface area contributed by atoms with E-state index in [0.717, 1.165) is 0 Å². The molecule has 0 radical (unpaired) electrons. The van der Waals surface area contributed by atoms with E-state index in [1.807, 2.05) is 5.38 Å². The van der Waals surface area contributed by atoms with E-state index in [0.29, 0.717) is 5.56 Å². The molecule has 0 fully saturated rings. The van der Waals surface area contributed by atoms with E-state index in [1.165, 1.54) is 18.4 Å². The third-order valence-electron chi connectivity index (χ3n) is 1.29. The van der Waals surface area contributed by atoms with Crippen LogP contribution in [0.4, 0.5) is 0 Å². The highest BCUT2D eigenvalue weighted by Gasteiger charge is 2.22. The van der Waals surface area contributed by atoms with E-state index in [1.54, 1.807) is 11.4 Å². The van der Waals surface area contributed by atoms with Crippen molar-refractivity contribution in [2.75, 3.05) is 7.11 Å². The van der Waals surface area contributed by atoms with Gasteiger partial charge in [0.1, 0.15) is 0 Å². The Hall–Kier alpha value is -1.54. The van der Waals surface area contributed by atoms with Crippen LogP contribution in [0.5, 0.6) is 0 Å². The van der Waals surface area contributed by atoms with Gasteiger partial charge in [-0.15, -0.1) is 0 Å². The van der Waals surface area contributed by atoms with Crippen molar-refractivity contribution in [3.8, 4) is 0 Å². The zero-order valence-corrected chi connectivity index (χ0v) is 7.21. The summed E-state index contributed by atoms with van der Waals surface area (Å²) in [4.78, 5) is 2.91. The first-order valence-corrected chi connectivity index (χ1v) is 4.08. The van der Waals surface area contributed by atoms with Crippen LogP contribution in [-0.2, 0) is 4.74 Å². The fourth-order valence-electron chi connectivity index (χ4n) is 0.720. The molecule has 1 N–H and O–H groups in total. The van der Waals surface area contributed by atoms with Crippen LogP contribution in [-0.4, -0.2) is 12.2 Å². The molecule has 5 heteroatoms. The van der Waals surface area contributed by atoms with Gasteiger partial charge in [0.05, 0.1) is 12.7 Å². The normalized spacial score (nSPS) is 11.7. The maximum absolute atomic E-state index is 9.10. The second-order valence-electron chi connectivity index (χ2n) is 1.97. The van der Waals surface area contributed by atoms with Gasteiger partial charge in [0.25, 0.3) is 0 Å². The molecule has 1 aromatic heterocycles. The topological polar surface area (TPSA) is 57.6 Å². The predicted molar refractivity (Wildman–Crippen MR) is 46.0 cm³/mol. The summed E-state index contributed by atoms with van der Waals surface area (Å²) in [6, 6.07) is 1.72. The Kier molecular flexibility index (Phi) is 2.66. The van der Waals surface area contributed by atoms with E-state index in [-0.39, 0.29) is 5.70 Å². The first kappa shape index (κ1) is 8.56. The molecular formula is C7H7N2O2S+. The van der Waals surface area contributed by atoms with Crippen LogP contribution in [0, 0.1) is 5.39 Å². The fourth-order valence-corrected chi connectivity index (χ4v) is 1.36. The monoisotopic (exact) mass is 183 g/mol. The first-order chi connectivity index (χ1) is 5.79. The lowest BCUT2D eigenvalue weighted by Crippen LogP contribution is -1.88. The molecule has 0 aliphatic rings. The minimum Gasteiger partial charge on any atom is -0.475 e. The minimum atomic E-state index is -0.393. The maximum atomic E-state index is 9.10. The summed E-state index contributed by atoms with van der Waals surface area (Å²) in [6.45, 7) is 0. The number of aliphatic hydroxyl groups is 1. The highest BCUT2D eigenvalue weighted by Crippen LogP contribution is 2.21. The third kappa shape index (κ3) is 1.54. The van der Waals surface area contributed by atoms with Crippen molar-refractivity contribution in [3.63, 3.8) is 0 Å². The van der Waals surface area contributed by atoms with Gasteiger partial charge in [-0.25, -0.2) is 0 Å². The number of aliphatic hydroxyl groups excluding tert-OH is 1. The summed E-state index contributed by atoms with van der Waals surface area (Å²) in [5.74, 6) is -0.393. The minimum absolute atomic E-state index is 0.0405. The largest absolute Gasteiger partial charge is 0.475 e. The number of nitrogens with zero attached hydrogens (tertiary/aromatic N) is 2. The van der Waals surface area contributed by atoms with Crippen molar-refractivity contribution in [2.45, 2.75) is 0 Å². The number of ether oxygens (including phenoxy) is 1. The van der Waals surface area contributed by atoms with Crippen molar-refractivity contribution in [3.05, 3.63) is 33.3 Å². The summed E-state index contributed by atoms with van der Waals surface area (Å²) in [6.07, 6.45) is 0. The lowest BCUT2D eigenvalue weighted by atomic mass is 10.3. The molecule has 0 unspecified atom stereocenters. The third-order valence-corrected chi connectivity index (χ3v) is 1.97. The molecular weight excluding hydrogens is 176 g/mol. The lowest BCUT2D eigenvalue weighted by Gasteiger charge is -1.90. The highest BCUT2D eigenvalue weighted by atomic mass is 32.1. The molecule has 0 bridgehead atoms. The number of methoxy groups -OCH3 is 1. The first-order valence-electron chi connectivity index (χ1n) is 3.14. The summed E-state index contributed by atoms with van der Waals surface area (Å²) >= 11 is 1.44. The van der Waals surface area contributed by atoms with Crippen LogP contribution in [0.15, 0.2) is 22.8 Å². The SMILES string of the molecule is CO/C(O)=C(\[N+]#N)c1ccsc1. The molecule has 0 aliphatic heterocycles. The molecule has 62 valence electrons. The molecule has 12 heavy (non-hydrogen) atoms. The molecule has 1 heterocycles. The lowest BCUT2D eigenvalue weighted by molar-refractivity contribution is 0.139. The summed E-state index contributed by atoms with van der Waals surface area (Å²) in [5, 5.41) is 21.2. The van der Waals surface area contributed by atoms with E-state index in [2.05, 4.69) is 9.71 Å². The van der Waals surface area contributed by atoms with Gasteiger partial charge in [-0.2, -0.15) is 11.3 Å². The standard InChI is InChI=1S/C7H6N2O2S/c1-11-7(10)6(9-8)5-2-3-12-4-5/h2-4H,1H3/p+1/b7-6-. The Bertz CT molecular complexity index is 324. The van der Waals surface area contributed by atoms with Crippen molar-refractivity contribution in [1.82, 2.24) is 0 Å². The molecule has 0 spiro atoms. The molecule has 0 atom stereocenters. The second kappa shape index (κ2) is 3.74. The maximum Gasteiger partial charge on any atom is 0.471 e. The van der Waals surface area contributed by atoms with Crippen LogP contribution in [0.2, 0.25) is 0 Å². The van der Waals surface area contributed by atoms with Gasteiger partial charge in [-0.1, -0.05) is 0 Å². The van der Waals surface area contributed by atoms with E-state index < -0.39 is 5.95 Å². The molecule has 1 aromatic rings. The zero-order valence-electron chi connectivity index (χ0n) is 6.39. The Balaban J connectivity index is 3.09. The molecule has 0 amide bonds. The van der Waals surface area contributed by atoms with Crippen molar-refractivity contribution < 1.29 is 9.84 Å².